The van der Waals surface area contributed by atoms with Crippen LogP contribution in [0, 0.1) is 6.92 Å². The number of nitrogens with one attached hydrogen (secondary N) is 2. The van der Waals surface area contributed by atoms with Gasteiger partial charge in [-0.25, -0.2) is 4.79 Å². The van der Waals surface area contributed by atoms with Gasteiger partial charge in [0, 0.05) is 10.7 Å². The normalized spacial score (nSPS) is 12.6. The van der Waals surface area contributed by atoms with Gasteiger partial charge in [0.15, 0.2) is 0 Å². The minimum absolute atomic E-state index is 0.208. The van der Waals surface area contributed by atoms with Crippen LogP contribution in [0.4, 0.5) is 10.5 Å². The van der Waals surface area contributed by atoms with Crippen LogP contribution < -0.4 is 15.4 Å². The fourth-order valence-electron chi connectivity index (χ4n) is 3.84. The fraction of sp³-hybridized carbons (Fsp3) is 0.200. The number of aryl methyl sites for hydroxylation is 1. The Morgan fingerprint density at radius 1 is 0.848 bits per heavy atom. The number of urea groups is 1. The maximum absolute atomic E-state index is 12.4. The quantitative estimate of drug-likeness (QED) is 0.385. The van der Waals surface area contributed by atoms with Crippen molar-refractivity contribution in [2.24, 2.45) is 0 Å². The van der Waals surface area contributed by atoms with E-state index in [4.69, 9.17) is 39.5 Å². The van der Waals surface area contributed by atoms with E-state index >= 15 is 0 Å². The van der Waals surface area contributed by atoms with Gasteiger partial charge in [-0.3, -0.25) is 10.1 Å². The van der Waals surface area contributed by atoms with E-state index in [2.05, 4.69) is 10.6 Å². The molecule has 0 unspecified atom stereocenters. The molecule has 0 atom stereocenters. The first-order chi connectivity index (χ1) is 15.8. The monoisotopic (exact) mass is 502 g/mol. The van der Waals surface area contributed by atoms with Crippen LogP contribution in [0.25, 0.3) is 0 Å². The predicted octanol–water partition coefficient (Wildman–Crippen LogP) is 7.59. The molecule has 3 aromatic carbocycles. The van der Waals surface area contributed by atoms with Crippen LogP contribution in [0.5, 0.6) is 11.5 Å². The Morgan fingerprint density at radius 2 is 1.58 bits per heavy atom. The molecule has 0 aromatic heterocycles. The van der Waals surface area contributed by atoms with Gasteiger partial charge >= 0.3 is 6.03 Å². The minimum Gasteiger partial charge on any atom is -0.455 e. The van der Waals surface area contributed by atoms with Gasteiger partial charge in [-0.15, -0.1) is 0 Å². The van der Waals surface area contributed by atoms with E-state index in [1.807, 2.05) is 19.1 Å². The van der Waals surface area contributed by atoms with Crippen LogP contribution in [0.2, 0.25) is 15.1 Å². The summed E-state index contributed by atoms with van der Waals surface area (Å²) in [6.45, 7) is 1.81. The number of hydrogen-bond donors (Lipinski definition) is 2. The molecule has 2 N–H and O–H groups in total. The third-order valence-corrected chi connectivity index (χ3v) is 6.51. The Bertz CT molecular complexity index is 1240. The van der Waals surface area contributed by atoms with Gasteiger partial charge in [-0.1, -0.05) is 46.9 Å². The molecule has 1 aliphatic rings. The predicted molar refractivity (Wildman–Crippen MR) is 132 cm³/mol. The lowest BCUT2D eigenvalue weighted by Gasteiger charge is -2.21. The molecule has 5 nitrogen and oxygen atoms in total. The number of anilines is 1. The molecule has 1 aliphatic carbocycles. The van der Waals surface area contributed by atoms with Crippen LogP contribution in [-0.2, 0) is 12.8 Å². The number of rotatable bonds is 4. The summed E-state index contributed by atoms with van der Waals surface area (Å²) in [6.07, 6.45) is 4.03. The van der Waals surface area contributed by atoms with Gasteiger partial charge in [-0.05, 0) is 85.7 Å². The highest BCUT2D eigenvalue weighted by atomic mass is 35.5. The highest BCUT2D eigenvalue weighted by molar-refractivity contribution is 6.34. The zero-order chi connectivity index (χ0) is 23.5. The molecule has 0 radical (unpaired) electrons. The second kappa shape index (κ2) is 10.0. The Hall–Kier alpha value is -2.73. The van der Waals surface area contributed by atoms with Gasteiger partial charge in [0.2, 0.25) is 0 Å². The number of benzene rings is 3. The first-order valence-corrected chi connectivity index (χ1v) is 11.6. The molecule has 33 heavy (non-hydrogen) atoms. The Kier molecular flexibility index (Phi) is 7.13. The molecule has 0 bridgehead atoms. The second-order valence-electron chi connectivity index (χ2n) is 7.80. The largest absolute Gasteiger partial charge is 0.455 e. The van der Waals surface area contributed by atoms with Gasteiger partial charge in [0.25, 0.3) is 5.91 Å². The van der Waals surface area contributed by atoms with Crippen molar-refractivity contribution in [2.75, 3.05) is 5.32 Å². The number of hydrogen-bond acceptors (Lipinski definition) is 3. The molecule has 0 saturated carbocycles. The smallest absolute Gasteiger partial charge is 0.326 e. The van der Waals surface area contributed by atoms with Crippen molar-refractivity contribution >= 4 is 52.4 Å². The van der Waals surface area contributed by atoms with Gasteiger partial charge in [-0.2, -0.15) is 0 Å². The maximum atomic E-state index is 12.4. The number of carbonyl (C=O) groups excluding carboxylic acids is 2. The molecule has 0 heterocycles. The molecule has 0 saturated heterocycles. The Balaban J connectivity index is 1.49. The Labute approximate surface area is 207 Å². The van der Waals surface area contributed by atoms with Crippen molar-refractivity contribution in [1.82, 2.24) is 5.32 Å². The van der Waals surface area contributed by atoms with Crippen molar-refractivity contribution in [2.45, 2.75) is 32.6 Å². The average Bonchev–Trinajstić information content (AvgIpc) is 2.79. The number of amides is 3. The number of fused-ring (bicyclic) bond motifs is 1. The van der Waals surface area contributed by atoms with E-state index in [0.29, 0.717) is 16.5 Å². The van der Waals surface area contributed by atoms with Crippen molar-refractivity contribution in [3.05, 3.63) is 85.9 Å². The number of ether oxygens (including phenoxy) is 1. The van der Waals surface area contributed by atoms with E-state index in [1.54, 1.807) is 30.3 Å². The lowest BCUT2D eigenvalue weighted by molar-refractivity contribution is 0.0967. The first kappa shape index (κ1) is 23.4. The molecule has 8 heteroatoms. The second-order valence-corrected chi connectivity index (χ2v) is 9.02. The molecule has 0 fully saturated rings. The first-order valence-electron chi connectivity index (χ1n) is 10.5. The molecule has 3 amide bonds. The summed E-state index contributed by atoms with van der Waals surface area (Å²) < 4.78 is 6.15. The zero-order valence-electron chi connectivity index (χ0n) is 17.8. The fourth-order valence-corrected chi connectivity index (χ4v) is 4.54. The van der Waals surface area contributed by atoms with Crippen molar-refractivity contribution < 1.29 is 14.3 Å². The number of carbonyl (C=O) groups is 2. The lowest BCUT2D eigenvalue weighted by atomic mass is 9.91. The summed E-state index contributed by atoms with van der Waals surface area (Å²) in [5.41, 5.74) is 3.63. The van der Waals surface area contributed by atoms with E-state index in [9.17, 15) is 9.59 Å². The van der Waals surface area contributed by atoms with Crippen LogP contribution in [-0.4, -0.2) is 11.9 Å². The van der Waals surface area contributed by atoms with Crippen LogP contribution in [0.3, 0.4) is 0 Å². The van der Waals surface area contributed by atoms with E-state index in [1.165, 1.54) is 6.07 Å². The molecule has 0 spiro atoms. The molecule has 0 aliphatic heterocycles. The topological polar surface area (TPSA) is 67.4 Å². The van der Waals surface area contributed by atoms with Crippen LogP contribution in [0.15, 0.2) is 48.5 Å². The lowest BCUT2D eigenvalue weighted by Crippen LogP contribution is -2.34. The van der Waals surface area contributed by atoms with Crippen LogP contribution in [0.1, 0.15) is 39.9 Å². The van der Waals surface area contributed by atoms with Crippen molar-refractivity contribution in [3.63, 3.8) is 0 Å². The summed E-state index contributed by atoms with van der Waals surface area (Å²) in [5.74, 6) is 0.607. The minimum atomic E-state index is -0.695. The van der Waals surface area contributed by atoms with Crippen molar-refractivity contribution in [1.29, 1.82) is 0 Å². The average molecular weight is 504 g/mol. The van der Waals surface area contributed by atoms with E-state index in [-0.39, 0.29) is 10.6 Å². The molecule has 3 aromatic rings. The molecule has 170 valence electrons. The number of halogens is 3. The summed E-state index contributed by atoms with van der Waals surface area (Å²) >= 11 is 18.8. The van der Waals surface area contributed by atoms with Gasteiger partial charge in [0.1, 0.15) is 11.5 Å². The summed E-state index contributed by atoms with van der Waals surface area (Å²) in [6, 6.07) is 12.8. The molecular weight excluding hydrogens is 483 g/mol. The third-order valence-electron chi connectivity index (χ3n) is 5.53. The van der Waals surface area contributed by atoms with Gasteiger partial charge in [0.05, 0.1) is 15.6 Å². The third kappa shape index (κ3) is 5.27. The SMILES string of the molecule is Cc1cc(Oc2ccc(Cl)c3c2CCCC3)c(Cl)cc1NC(=O)NC(=O)c1ccccc1Cl. The zero-order valence-corrected chi connectivity index (χ0v) is 20.1. The molecular formula is C25H21Cl3N2O3. The number of imide groups is 1. The summed E-state index contributed by atoms with van der Waals surface area (Å²) in [5, 5.41) is 6.26. The standard InChI is InChI=1S/C25H21Cl3N2O3/c1-14-12-23(33-22-11-10-19(27)15-6-2-3-7-16(15)22)20(28)13-21(14)29-25(32)30-24(31)17-8-4-5-9-18(17)26/h4-5,8-13H,2-3,6-7H2,1H3,(H2,29,30,31,32). The van der Waals surface area contributed by atoms with Crippen LogP contribution >= 0.6 is 34.8 Å². The Morgan fingerprint density at radius 3 is 2.33 bits per heavy atom. The van der Waals surface area contributed by atoms with Crippen molar-refractivity contribution in [3.8, 4) is 11.5 Å². The summed E-state index contributed by atoms with van der Waals surface area (Å²) in [7, 11) is 0. The summed E-state index contributed by atoms with van der Waals surface area (Å²) in [4.78, 5) is 24.7. The highest BCUT2D eigenvalue weighted by Gasteiger charge is 2.19. The highest BCUT2D eigenvalue weighted by Crippen LogP contribution is 2.39. The maximum Gasteiger partial charge on any atom is 0.326 e. The molecule has 4 rings (SSSR count). The van der Waals surface area contributed by atoms with E-state index < -0.39 is 11.9 Å². The van der Waals surface area contributed by atoms with E-state index in [0.717, 1.165) is 53.1 Å². The van der Waals surface area contributed by atoms with Gasteiger partial charge < -0.3 is 10.1 Å².